The molecule has 0 saturated heterocycles. The van der Waals surface area contributed by atoms with E-state index in [1.807, 2.05) is 37.3 Å². The van der Waals surface area contributed by atoms with E-state index in [4.69, 9.17) is 0 Å². The molecular weight excluding hydrogens is 384 g/mol. The predicted octanol–water partition coefficient (Wildman–Crippen LogP) is 4.44. The Balaban J connectivity index is 2.27. The predicted molar refractivity (Wildman–Crippen MR) is 86.6 cm³/mol. The van der Waals surface area contributed by atoms with Gasteiger partial charge in [0.2, 0.25) is 0 Å². The second-order valence-electron chi connectivity index (χ2n) is 4.50. The second-order valence-corrected chi connectivity index (χ2v) is 6.27. The number of hydrogen-bond acceptors (Lipinski definition) is 2. The molecule has 1 heterocycles. The first-order valence-electron chi connectivity index (χ1n) is 6.13. The smallest absolute Gasteiger partial charge is 0.255 e. The van der Waals surface area contributed by atoms with Gasteiger partial charge in [-0.2, -0.15) is 0 Å². The Morgan fingerprint density at radius 3 is 2.50 bits per heavy atom. The molecule has 5 heteroatoms. The van der Waals surface area contributed by atoms with Gasteiger partial charge in [0.1, 0.15) is 0 Å². The summed E-state index contributed by atoms with van der Waals surface area (Å²) in [7, 11) is 1.81. The minimum absolute atomic E-state index is 0.0172. The number of nitrogens with zero attached hydrogens (tertiary/aromatic N) is 2. The van der Waals surface area contributed by atoms with Crippen molar-refractivity contribution in [1.29, 1.82) is 0 Å². The van der Waals surface area contributed by atoms with Gasteiger partial charge in [-0.3, -0.25) is 9.78 Å². The Hall–Kier alpha value is -1.20. The molecule has 1 atom stereocenters. The zero-order valence-corrected chi connectivity index (χ0v) is 14.3. The summed E-state index contributed by atoms with van der Waals surface area (Å²) < 4.78 is 1.67. The van der Waals surface area contributed by atoms with Crippen molar-refractivity contribution in [2.45, 2.75) is 13.0 Å². The van der Waals surface area contributed by atoms with Crippen LogP contribution in [0.25, 0.3) is 0 Å². The standard InChI is InChI=1S/C15H14Br2N2O/c1-10(11-5-7-18-8-6-11)19(2)15(20)13-9-12(16)3-4-14(13)17/h3-10H,1-2H3. The molecule has 104 valence electrons. The van der Waals surface area contributed by atoms with Gasteiger partial charge in [-0.05, 0) is 58.7 Å². The molecule has 0 spiro atoms. The van der Waals surface area contributed by atoms with Gasteiger partial charge < -0.3 is 4.90 Å². The average molecular weight is 398 g/mol. The van der Waals surface area contributed by atoms with Crippen molar-refractivity contribution in [2.75, 3.05) is 7.05 Å². The lowest BCUT2D eigenvalue weighted by atomic mass is 10.1. The first kappa shape index (κ1) is 15.2. The molecule has 0 fully saturated rings. The maximum atomic E-state index is 12.6. The Morgan fingerprint density at radius 2 is 1.85 bits per heavy atom. The Bertz CT molecular complexity index is 617. The Morgan fingerprint density at radius 1 is 1.20 bits per heavy atom. The summed E-state index contributed by atoms with van der Waals surface area (Å²) in [4.78, 5) is 18.3. The van der Waals surface area contributed by atoms with Crippen molar-refractivity contribution >= 4 is 37.8 Å². The number of carbonyl (C=O) groups is 1. The molecule has 0 aliphatic rings. The van der Waals surface area contributed by atoms with E-state index in [9.17, 15) is 4.79 Å². The average Bonchev–Trinajstić information content (AvgIpc) is 2.48. The number of hydrogen-bond donors (Lipinski definition) is 0. The number of benzene rings is 1. The van der Waals surface area contributed by atoms with E-state index < -0.39 is 0 Å². The molecule has 3 nitrogen and oxygen atoms in total. The van der Waals surface area contributed by atoms with Gasteiger partial charge in [-0.25, -0.2) is 0 Å². The molecule has 2 rings (SSSR count). The fourth-order valence-electron chi connectivity index (χ4n) is 1.89. The van der Waals surface area contributed by atoms with E-state index in [0.717, 1.165) is 14.5 Å². The molecule has 0 aliphatic carbocycles. The monoisotopic (exact) mass is 396 g/mol. The second kappa shape index (κ2) is 6.50. The van der Waals surface area contributed by atoms with Gasteiger partial charge in [0.05, 0.1) is 11.6 Å². The third kappa shape index (κ3) is 3.27. The molecule has 0 radical (unpaired) electrons. The van der Waals surface area contributed by atoms with E-state index in [2.05, 4.69) is 36.8 Å². The van der Waals surface area contributed by atoms with Crippen LogP contribution in [0, 0.1) is 0 Å². The van der Waals surface area contributed by atoms with Crippen LogP contribution in [-0.4, -0.2) is 22.8 Å². The van der Waals surface area contributed by atoms with Crippen LogP contribution in [0.15, 0.2) is 51.7 Å². The summed E-state index contributed by atoms with van der Waals surface area (Å²) in [6, 6.07) is 9.41. The summed E-state index contributed by atoms with van der Waals surface area (Å²) in [6.07, 6.45) is 3.47. The summed E-state index contributed by atoms with van der Waals surface area (Å²) >= 11 is 6.82. The van der Waals surface area contributed by atoms with Crippen molar-refractivity contribution < 1.29 is 4.79 Å². The van der Waals surface area contributed by atoms with E-state index in [-0.39, 0.29) is 11.9 Å². The van der Waals surface area contributed by atoms with Crippen LogP contribution in [0.3, 0.4) is 0 Å². The molecule has 1 aromatic heterocycles. The number of aromatic nitrogens is 1. The van der Waals surface area contributed by atoms with E-state index >= 15 is 0 Å². The highest BCUT2D eigenvalue weighted by Gasteiger charge is 2.20. The fraction of sp³-hybridized carbons (Fsp3) is 0.200. The topological polar surface area (TPSA) is 33.2 Å². The van der Waals surface area contributed by atoms with Crippen molar-refractivity contribution in [2.24, 2.45) is 0 Å². The van der Waals surface area contributed by atoms with E-state index in [0.29, 0.717) is 5.56 Å². The van der Waals surface area contributed by atoms with Crippen LogP contribution in [-0.2, 0) is 0 Å². The van der Waals surface area contributed by atoms with Gasteiger partial charge in [0, 0.05) is 28.4 Å². The zero-order chi connectivity index (χ0) is 14.7. The molecule has 1 aromatic carbocycles. The minimum Gasteiger partial charge on any atom is -0.335 e. The third-order valence-electron chi connectivity index (χ3n) is 3.25. The van der Waals surface area contributed by atoms with Gasteiger partial charge in [0.25, 0.3) is 5.91 Å². The number of amides is 1. The number of halogens is 2. The first-order chi connectivity index (χ1) is 9.50. The SMILES string of the molecule is CC(c1ccncc1)N(C)C(=O)c1cc(Br)ccc1Br. The maximum Gasteiger partial charge on any atom is 0.255 e. The Kier molecular flexibility index (Phi) is 4.94. The Labute approximate surface area is 135 Å². The molecule has 0 saturated carbocycles. The van der Waals surface area contributed by atoms with Gasteiger partial charge >= 0.3 is 0 Å². The van der Waals surface area contributed by atoms with E-state index in [1.165, 1.54) is 0 Å². The van der Waals surface area contributed by atoms with Gasteiger partial charge in [0.15, 0.2) is 0 Å². The highest BCUT2D eigenvalue weighted by atomic mass is 79.9. The molecule has 20 heavy (non-hydrogen) atoms. The van der Waals surface area contributed by atoms with Crippen molar-refractivity contribution in [3.8, 4) is 0 Å². The molecule has 1 amide bonds. The molecule has 0 N–H and O–H groups in total. The molecular formula is C15H14Br2N2O. The first-order valence-corrected chi connectivity index (χ1v) is 7.71. The summed E-state index contributed by atoms with van der Waals surface area (Å²) in [5, 5.41) is 0. The van der Waals surface area contributed by atoms with Crippen LogP contribution < -0.4 is 0 Å². The lowest BCUT2D eigenvalue weighted by Gasteiger charge is -2.25. The lowest BCUT2D eigenvalue weighted by molar-refractivity contribution is 0.0741. The molecule has 0 aliphatic heterocycles. The van der Waals surface area contributed by atoms with Crippen molar-refractivity contribution in [3.05, 3.63) is 62.8 Å². The lowest BCUT2D eigenvalue weighted by Crippen LogP contribution is -2.30. The molecule has 2 aromatic rings. The maximum absolute atomic E-state index is 12.6. The summed E-state index contributed by atoms with van der Waals surface area (Å²) in [5.41, 5.74) is 1.70. The normalized spacial score (nSPS) is 12.0. The van der Waals surface area contributed by atoms with Crippen LogP contribution in [0.2, 0.25) is 0 Å². The zero-order valence-electron chi connectivity index (χ0n) is 11.2. The van der Waals surface area contributed by atoms with Gasteiger partial charge in [-0.15, -0.1) is 0 Å². The van der Waals surface area contributed by atoms with Crippen molar-refractivity contribution in [1.82, 2.24) is 9.88 Å². The largest absolute Gasteiger partial charge is 0.335 e. The van der Waals surface area contributed by atoms with Crippen LogP contribution in [0.4, 0.5) is 0 Å². The summed E-state index contributed by atoms with van der Waals surface area (Å²) in [5.74, 6) is -0.0255. The highest BCUT2D eigenvalue weighted by molar-refractivity contribution is 9.11. The summed E-state index contributed by atoms with van der Waals surface area (Å²) in [6.45, 7) is 2.00. The van der Waals surface area contributed by atoms with Crippen LogP contribution >= 0.6 is 31.9 Å². The quantitative estimate of drug-likeness (QED) is 0.766. The number of pyridine rings is 1. The third-order valence-corrected chi connectivity index (χ3v) is 4.43. The fourth-order valence-corrected chi connectivity index (χ4v) is 2.67. The molecule has 1 unspecified atom stereocenters. The minimum atomic E-state index is -0.0255. The van der Waals surface area contributed by atoms with Crippen molar-refractivity contribution in [3.63, 3.8) is 0 Å². The highest BCUT2D eigenvalue weighted by Crippen LogP contribution is 2.26. The van der Waals surface area contributed by atoms with Crippen LogP contribution in [0.5, 0.6) is 0 Å². The van der Waals surface area contributed by atoms with Crippen LogP contribution in [0.1, 0.15) is 28.9 Å². The van der Waals surface area contributed by atoms with Gasteiger partial charge in [-0.1, -0.05) is 15.9 Å². The van der Waals surface area contributed by atoms with E-state index in [1.54, 1.807) is 24.3 Å². The number of rotatable bonds is 3. The number of carbonyl (C=O) groups excluding carboxylic acids is 1. The molecule has 0 bridgehead atoms.